The summed E-state index contributed by atoms with van der Waals surface area (Å²) in [4.78, 5) is 11.7. The molecule has 0 bridgehead atoms. The van der Waals surface area contributed by atoms with Gasteiger partial charge in [-0.15, -0.1) is 0 Å². The van der Waals surface area contributed by atoms with Crippen molar-refractivity contribution < 1.29 is 9.53 Å². The molecule has 1 aliphatic carbocycles. The lowest BCUT2D eigenvalue weighted by Crippen LogP contribution is -2.45. The van der Waals surface area contributed by atoms with Gasteiger partial charge in [0, 0.05) is 19.2 Å². The first kappa shape index (κ1) is 10.9. The van der Waals surface area contributed by atoms with Gasteiger partial charge in [0.25, 0.3) is 0 Å². The van der Waals surface area contributed by atoms with Gasteiger partial charge in [0.05, 0.1) is 0 Å². The molecule has 1 saturated heterocycles. The monoisotopic (exact) mass is 212 g/mol. The van der Waals surface area contributed by atoms with Crippen LogP contribution in [-0.4, -0.2) is 31.2 Å². The zero-order valence-electron chi connectivity index (χ0n) is 9.24. The van der Waals surface area contributed by atoms with E-state index in [-0.39, 0.29) is 12.0 Å². The fraction of sp³-hybridized carbons (Fsp3) is 0.909. The lowest BCUT2D eigenvalue weighted by molar-refractivity contribution is -0.131. The Morgan fingerprint density at radius 3 is 2.80 bits per heavy atom. The molecule has 0 aromatic heterocycles. The molecule has 2 rings (SSSR count). The molecule has 15 heavy (non-hydrogen) atoms. The van der Waals surface area contributed by atoms with Crippen LogP contribution in [0.4, 0.5) is 0 Å². The van der Waals surface area contributed by atoms with Crippen LogP contribution >= 0.6 is 0 Å². The number of nitrogens with one attached hydrogen (secondary N) is 1. The Morgan fingerprint density at radius 1 is 1.53 bits per heavy atom. The Hall–Kier alpha value is -0.610. The summed E-state index contributed by atoms with van der Waals surface area (Å²) in [6.07, 6.45) is 2.86. The summed E-state index contributed by atoms with van der Waals surface area (Å²) in [5.74, 6) is 0.995. The van der Waals surface area contributed by atoms with Gasteiger partial charge in [-0.2, -0.15) is 0 Å². The second-order valence-corrected chi connectivity index (χ2v) is 4.90. The second-order valence-electron chi connectivity index (χ2n) is 4.90. The van der Waals surface area contributed by atoms with E-state index in [0.29, 0.717) is 24.5 Å². The van der Waals surface area contributed by atoms with Crippen molar-refractivity contribution in [2.75, 3.05) is 13.2 Å². The molecule has 0 aromatic carbocycles. The van der Waals surface area contributed by atoms with Gasteiger partial charge in [0.1, 0.15) is 6.10 Å². The minimum absolute atomic E-state index is 0.0560. The van der Waals surface area contributed by atoms with E-state index >= 15 is 0 Å². The van der Waals surface area contributed by atoms with Gasteiger partial charge in [0.2, 0.25) is 5.91 Å². The minimum Gasteiger partial charge on any atom is -0.368 e. The third-order valence-electron chi connectivity index (χ3n) is 3.48. The molecule has 1 saturated carbocycles. The lowest BCUT2D eigenvalue weighted by atomic mass is 9.81. The van der Waals surface area contributed by atoms with Gasteiger partial charge in [-0.05, 0) is 31.1 Å². The molecule has 2 fully saturated rings. The number of rotatable bonds is 3. The Morgan fingerprint density at radius 2 is 2.27 bits per heavy atom. The first-order chi connectivity index (χ1) is 7.16. The molecule has 2 aliphatic rings. The smallest absolute Gasteiger partial charge is 0.249 e. The number of nitrogens with two attached hydrogens (primary N) is 1. The van der Waals surface area contributed by atoms with Gasteiger partial charge in [0.15, 0.2) is 0 Å². The minimum atomic E-state index is -0.223. The highest BCUT2D eigenvalue weighted by atomic mass is 16.5. The van der Waals surface area contributed by atoms with Crippen LogP contribution in [0.2, 0.25) is 0 Å². The largest absolute Gasteiger partial charge is 0.368 e. The summed E-state index contributed by atoms with van der Waals surface area (Å²) in [6.45, 7) is 3.54. The molecular formula is C11H20N2O2. The summed E-state index contributed by atoms with van der Waals surface area (Å²) in [5.41, 5.74) is 5.68. The van der Waals surface area contributed by atoms with Gasteiger partial charge in [-0.3, -0.25) is 4.79 Å². The first-order valence-corrected chi connectivity index (χ1v) is 5.81. The summed E-state index contributed by atoms with van der Waals surface area (Å²) in [6, 6.07) is 0.355. The highest BCUT2D eigenvalue weighted by molar-refractivity contribution is 5.81. The van der Waals surface area contributed by atoms with Gasteiger partial charge >= 0.3 is 0 Å². The fourth-order valence-electron chi connectivity index (χ4n) is 2.33. The molecule has 1 amide bonds. The average molecular weight is 212 g/mol. The molecule has 0 aromatic rings. The molecule has 4 heteroatoms. The zero-order chi connectivity index (χ0) is 10.8. The van der Waals surface area contributed by atoms with Crippen molar-refractivity contribution in [3.63, 3.8) is 0 Å². The number of carbonyl (C=O) groups is 1. The molecule has 4 nitrogen and oxygen atoms in total. The summed E-state index contributed by atoms with van der Waals surface area (Å²) < 4.78 is 5.40. The number of carbonyl (C=O) groups excluding carboxylic acids is 1. The second kappa shape index (κ2) is 4.49. The van der Waals surface area contributed by atoms with Crippen molar-refractivity contribution in [3.8, 4) is 0 Å². The average Bonchev–Trinajstić information content (AvgIpc) is 2.57. The predicted molar refractivity (Wildman–Crippen MR) is 57.2 cm³/mol. The molecule has 3 N–H and O–H groups in total. The Labute approximate surface area is 90.5 Å². The van der Waals surface area contributed by atoms with Crippen LogP contribution in [0.5, 0.6) is 0 Å². The Kier molecular flexibility index (Phi) is 3.26. The Balaban J connectivity index is 1.68. The van der Waals surface area contributed by atoms with E-state index in [0.717, 1.165) is 25.8 Å². The van der Waals surface area contributed by atoms with Crippen molar-refractivity contribution in [1.82, 2.24) is 5.32 Å². The number of ether oxygens (including phenoxy) is 1. The van der Waals surface area contributed by atoms with Gasteiger partial charge in [-0.1, -0.05) is 6.92 Å². The van der Waals surface area contributed by atoms with Crippen LogP contribution in [0.25, 0.3) is 0 Å². The molecule has 1 aliphatic heterocycles. The fourth-order valence-corrected chi connectivity index (χ4v) is 2.33. The van der Waals surface area contributed by atoms with Crippen LogP contribution in [0.15, 0.2) is 0 Å². The quantitative estimate of drug-likeness (QED) is 0.705. The van der Waals surface area contributed by atoms with Gasteiger partial charge in [-0.25, -0.2) is 0 Å². The van der Waals surface area contributed by atoms with Crippen LogP contribution in [0.3, 0.4) is 0 Å². The third kappa shape index (κ3) is 2.49. The van der Waals surface area contributed by atoms with Crippen molar-refractivity contribution in [2.24, 2.45) is 17.6 Å². The highest BCUT2D eigenvalue weighted by Crippen LogP contribution is 2.25. The topological polar surface area (TPSA) is 64.3 Å². The first-order valence-electron chi connectivity index (χ1n) is 5.81. The summed E-state index contributed by atoms with van der Waals surface area (Å²) in [7, 11) is 0. The van der Waals surface area contributed by atoms with Crippen LogP contribution in [0, 0.1) is 11.8 Å². The van der Waals surface area contributed by atoms with E-state index in [4.69, 9.17) is 10.5 Å². The highest BCUT2D eigenvalue weighted by Gasteiger charge is 2.32. The van der Waals surface area contributed by atoms with E-state index in [9.17, 15) is 4.79 Å². The molecule has 86 valence electrons. The maximum absolute atomic E-state index is 11.7. The maximum Gasteiger partial charge on any atom is 0.249 e. The molecule has 1 heterocycles. The molecule has 0 spiro atoms. The van der Waals surface area contributed by atoms with E-state index in [1.165, 1.54) is 0 Å². The van der Waals surface area contributed by atoms with E-state index in [1.54, 1.807) is 0 Å². The molecule has 2 atom stereocenters. The molecular weight excluding hydrogens is 192 g/mol. The number of amides is 1. The normalized spacial score (nSPS) is 39.9. The van der Waals surface area contributed by atoms with Crippen molar-refractivity contribution in [1.29, 1.82) is 0 Å². The van der Waals surface area contributed by atoms with E-state index in [2.05, 4.69) is 12.2 Å². The maximum atomic E-state index is 11.7. The van der Waals surface area contributed by atoms with Crippen molar-refractivity contribution in [3.05, 3.63) is 0 Å². The SMILES string of the molecule is CC1CCOC1C(=O)NCC1CC(N)C1. The van der Waals surface area contributed by atoms with Crippen LogP contribution in [0.1, 0.15) is 26.2 Å². The molecule has 0 radical (unpaired) electrons. The van der Waals surface area contributed by atoms with E-state index < -0.39 is 0 Å². The van der Waals surface area contributed by atoms with Crippen molar-refractivity contribution >= 4 is 5.91 Å². The standard InChI is InChI=1S/C11H20N2O2/c1-7-2-3-15-10(7)11(14)13-6-8-4-9(12)5-8/h7-10H,2-6,12H2,1H3,(H,13,14). The Bertz CT molecular complexity index is 239. The number of hydrogen-bond acceptors (Lipinski definition) is 3. The number of hydrogen-bond donors (Lipinski definition) is 2. The summed E-state index contributed by atoms with van der Waals surface area (Å²) >= 11 is 0. The lowest BCUT2D eigenvalue weighted by Gasteiger charge is -2.32. The van der Waals surface area contributed by atoms with E-state index in [1.807, 2.05) is 0 Å². The van der Waals surface area contributed by atoms with Crippen LogP contribution in [-0.2, 0) is 9.53 Å². The van der Waals surface area contributed by atoms with Crippen molar-refractivity contribution in [2.45, 2.75) is 38.3 Å². The summed E-state index contributed by atoms with van der Waals surface area (Å²) in [5, 5.41) is 2.96. The third-order valence-corrected chi connectivity index (χ3v) is 3.48. The van der Waals surface area contributed by atoms with Gasteiger partial charge < -0.3 is 15.8 Å². The zero-order valence-corrected chi connectivity index (χ0v) is 9.24. The molecule has 2 unspecified atom stereocenters. The van der Waals surface area contributed by atoms with Crippen LogP contribution < -0.4 is 11.1 Å². The predicted octanol–water partition coefficient (Wildman–Crippen LogP) is 0.265.